The molecule has 2 N–H and O–H groups in total. The van der Waals surface area contributed by atoms with Crippen LogP contribution in [0.2, 0.25) is 0 Å². The summed E-state index contributed by atoms with van der Waals surface area (Å²) in [5.41, 5.74) is -0.477. The average Bonchev–Trinajstić information content (AvgIpc) is 3.37. The Bertz CT molecular complexity index is 1220. The number of anilines is 2. The number of rotatable bonds is 9. The van der Waals surface area contributed by atoms with Crippen LogP contribution in [0.25, 0.3) is 0 Å². The van der Waals surface area contributed by atoms with Gasteiger partial charge in [0.2, 0.25) is 0 Å². The number of hydrogen-bond donors (Lipinski definition) is 2. The van der Waals surface area contributed by atoms with E-state index >= 15 is 0 Å². The number of hydrogen-bond acceptors (Lipinski definition) is 9. The first-order chi connectivity index (χ1) is 16.3. The predicted octanol–water partition coefficient (Wildman–Crippen LogP) is 3.25. The fourth-order valence-electron chi connectivity index (χ4n) is 2.88. The van der Waals surface area contributed by atoms with Gasteiger partial charge in [0.25, 0.3) is 17.5 Å². The van der Waals surface area contributed by atoms with Gasteiger partial charge >= 0.3 is 5.97 Å². The first-order valence-electron chi connectivity index (χ1n) is 9.65. The summed E-state index contributed by atoms with van der Waals surface area (Å²) in [5, 5.41) is 15.9. The largest absolute Gasteiger partial charge is 0.493 e. The van der Waals surface area contributed by atoms with Gasteiger partial charge in [-0.2, -0.15) is 0 Å². The van der Waals surface area contributed by atoms with Crippen LogP contribution in [0.15, 0.2) is 59.2 Å². The molecule has 3 aromatic rings. The minimum atomic E-state index is -0.964. The van der Waals surface area contributed by atoms with E-state index in [4.69, 9.17) is 18.6 Å². The molecule has 0 fully saturated rings. The Balaban J connectivity index is 1.78. The minimum absolute atomic E-state index is 0.00191. The summed E-state index contributed by atoms with van der Waals surface area (Å²) >= 11 is 0. The number of carbonyl (C=O) groups is 3. The molecule has 0 bridgehead atoms. The summed E-state index contributed by atoms with van der Waals surface area (Å²) in [4.78, 5) is 47.8. The molecule has 176 valence electrons. The van der Waals surface area contributed by atoms with Crippen molar-refractivity contribution in [2.24, 2.45) is 0 Å². The molecule has 0 radical (unpaired) electrons. The molecule has 0 unspecified atom stereocenters. The van der Waals surface area contributed by atoms with E-state index < -0.39 is 29.3 Å². The number of ether oxygens (including phenoxy) is 3. The lowest BCUT2D eigenvalue weighted by Crippen LogP contribution is -2.22. The van der Waals surface area contributed by atoms with Gasteiger partial charge in [-0.15, -0.1) is 0 Å². The second-order valence-electron chi connectivity index (χ2n) is 6.58. The molecule has 0 aliphatic rings. The van der Waals surface area contributed by atoms with Crippen molar-refractivity contribution in [1.29, 1.82) is 0 Å². The van der Waals surface area contributed by atoms with Gasteiger partial charge in [0.15, 0.2) is 23.9 Å². The van der Waals surface area contributed by atoms with Gasteiger partial charge in [0.1, 0.15) is 5.69 Å². The molecule has 0 saturated heterocycles. The Kier molecular flexibility index (Phi) is 7.44. The standard InChI is InChI=1S/C22H19N3O9/c1-31-18-10-13(15(11-19(18)32-2)24-21(27)17-8-5-9-33-17)22(28)34-12-20(26)23-14-6-3-4-7-16(14)25(29)30/h3-11H,12H2,1-2H3,(H,23,26)(H,24,27). The molecule has 0 aliphatic carbocycles. The zero-order chi connectivity index (χ0) is 24.7. The molecule has 2 aromatic carbocycles. The Morgan fingerprint density at radius 2 is 1.68 bits per heavy atom. The molecule has 1 heterocycles. The van der Waals surface area contributed by atoms with Gasteiger partial charge in [-0.3, -0.25) is 19.7 Å². The summed E-state index contributed by atoms with van der Waals surface area (Å²) in [6, 6.07) is 11.1. The highest BCUT2D eigenvalue weighted by atomic mass is 16.6. The topological polar surface area (TPSA) is 159 Å². The number of benzene rings is 2. The average molecular weight is 469 g/mol. The molecule has 0 saturated carbocycles. The molecule has 2 amide bonds. The van der Waals surface area contributed by atoms with Crippen LogP contribution in [0.3, 0.4) is 0 Å². The lowest BCUT2D eigenvalue weighted by molar-refractivity contribution is -0.383. The van der Waals surface area contributed by atoms with Crippen LogP contribution in [0.5, 0.6) is 11.5 Å². The highest BCUT2D eigenvalue weighted by Gasteiger charge is 2.22. The van der Waals surface area contributed by atoms with Crippen molar-refractivity contribution in [2.45, 2.75) is 0 Å². The molecule has 12 nitrogen and oxygen atoms in total. The summed E-state index contributed by atoms with van der Waals surface area (Å²) in [6.45, 7) is -0.745. The summed E-state index contributed by atoms with van der Waals surface area (Å²) in [5.74, 6) is -2.01. The van der Waals surface area contributed by atoms with Gasteiger partial charge in [-0.1, -0.05) is 12.1 Å². The number of methoxy groups -OCH3 is 2. The fourth-order valence-corrected chi connectivity index (χ4v) is 2.88. The van der Waals surface area contributed by atoms with Gasteiger partial charge < -0.3 is 29.3 Å². The molecule has 3 rings (SSSR count). The summed E-state index contributed by atoms with van der Waals surface area (Å²) in [6.07, 6.45) is 1.31. The molecule has 34 heavy (non-hydrogen) atoms. The Morgan fingerprint density at radius 3 is 2.32 bits per heavy atom. The number of nitrogens with one attached hydrogen (secondary N) is 2. The normalized spacial score (nSPS) is 10.2. The zero-order valence-corrected chi connectivity index (χ0v) is 18.0. The maximum absolute atomic E-state index is 12.8. The molecule has 0 spiro atoms. The van der Waals surface area contributed by atoms with E-state index in [2.05, 4.69) is 10.6 Å². The van der Waals surface area contributed by atoms with E-state index in [1.54, 1.807) is 0 Å². The van der Waals surface area contributed by atoms with Crippen molar-refractivity contribution < 1.29 is 37.9 Å². The SMILES string of the molecule is COc1cc(NC(=O)c2ccco2)c(C(=O)OCC(=O)Nc2ccccc2[N+](=O)[O-])cc1OC. The fraction of sp³-hybridized carbons (Fsp3) is 0.136. The van der Waals surface area contributed by atoms with E-state index in [9.17, 15) is 24.5 Å². The summed E-state index contributed by atoms with van der Waals surface area (Å²) in [7, 11) is 2.73. The van der Waals surface area contributed by atoms with Crippen LogP contribution in [0.4, 0.5) is 17.1 Å². The van der Waals surface area contributed by atoms with Crippen molar-refractivity contribution >= 4 is 34.8 Å². The quantitative estimate of drug-likeness (QED) is 0.272. The number of amides is 2. The van der Waals surface area contributed by atoms with Crippen molar-refractivity contribution in [1.82, 2.24) is 0 Å². The van der Waals surface area contributed by atoms with E-state index in [1.165, 1.54) is 69.0 Å². The Morgan fingerprint density at radius 1 is 0.971 bits per heavy atom. The lowest BCUT2D eigenvalue weighted by Gasteiger charge is -2.15. The van der Waals surface area contributed by atoms with Gasteiger partial charge in [-0.25, -0.2) is 4.79 Å². The van der Waals surface area contributed by atoms with Crippen molar-refractivity contribution in [3.63, 3.8) is 0 Å². The number of nitro benzene ring substituents is 1. The predicted molar refractivity (Wildman–Crippen MR) is 118 cm³/mol. The third-order valence-corrected chi connectivity index (χ3v) is 4.45. The Hall–Kier alpha value is -4.87. The number of nitro groups is 1. The van der Waals surface area contributed by atoms with E-state index in [-0.39, 0.29) is 39.9 Å². The third-order valence-electron chi connectivity index (χ3n) is 4.45. The molecule has 0 aliphatic heterocycles. The van der Waals surface area contributed by atoms with E-state index in [0.717, 1.165) is 0 Å². The van der Waals surface area contributed by atoms with Crippen LogP contribution in [-0.2, 0) is 9.53 Å². The van der Waals surface area contributed by atoms with Crippen molar-refractivity contribution in [3.05, 3.63) is 76.2 Å². The number of nitrogens with zero attached hydrogens (tertiary/aromatic N) is 1. The second-order valence-corrected chi connectivity index (χ2v) is 6.58. The lowest BCUT2D eigenvalue weighted by atomic mass is 10.1. The number of para-hydroxylation sites is 2. The van der Waals surface area contributed by atoms with Gasteiger partial charge in [-0.05, 0) is 18.2 Å². The number of carbonyl (C=O) groups excluding carboxylic acids is 3. The van der Waals surface area contributed by atoms with Gasteiger partial charge in [0.05, 0.1) is 36.7 Å². The van der Waals surface area contributed by atoms with Crippen LogP contribution < -0.4 is 20.1 Å². The summed E-state index contributed by atoms with van der Waals surface area (Å²) < 4.78 is 20.5. The molecule has 12 heteroatoms. The molecule has 0 atom stereocenters. The smallest absolute Gasteiger partial charge is 0.340 e. The monoisotopic (exact) mass is 469 g/mol. The highest BCUT2D eigenvalue weighted by Crippen LogP contribution is 2.34. The highest BCUT2D eigenvalue weighted by molar-refractivity contribution is 6.07. The van der Waals surface area contributed by atoms with Gasteiger partial charge in [0, 0.05) is 18.2 Å². The third kappa shape index (κ3) is 5.48. The van der Waals surface area contributed by atoms with E-state index in [1.807, 2.05) is 0 Å². The number of furan rings is 1. The number of esters is 1. The van der Waals surface area contributed by atoms with Crippen LogP contribution in [-0.4, -0.2) is 43.5 Å². The van der Waals surface area contributed by atoms with Crippen LogP contribution in [0.1, 0.15) is 20.9 Å². The van der Waals surface area contributed by atoms with Crippen LogP contribution in [0, 0.1) is 10.1 Å². The van der Waals surface area contributed by atoms with Crippen LogP contribution >= 0.6 is 0 Å². The van der Waals surface area contributed by atoms with Crippen molar-refractivity contribution in [3.8, 4) is 11.5 Å². The van der Waals surface area contributed by atoms with E-state index in [0.29, 0.717) is 0 Å². The first-order valence-corrected chi connectivity index (χ1v) is 9.65. The first kappa shape index (κ1) is 23.8. The zero-order valence-electron chi connectivity index (χ0n) is 18.0. The molecular formula is C22H19N3O9. The molecular weight excluding hydrogens is 450 g/mol. The maximum Gasteiger partial charge on any atom is 0.340 e. The maximum atomic E-state index is 12.8. The second kappa shape index (κ2) is 10.6. The molecule has 1 aromatic heterocycles. The minimum Gasteiger partial charge on any atom is -0.493 e. The van der Waals surface area contributed by atoms with Crippen molar-refractivity contribution in [2.75, 3.05) is 31.5 Å². The Labute approximate surface area is 192 Å².